The van der Waals surface area contributed by atoms with Gasteiger partial charge in [0, 0.05) is 7.05 Å². The molecular formula is C10H18N4O3. The monoisotopic (exact) mass is 242 g/mol. The predicted molar refractivity (Wildman–Crippen MR) is 61.5 cm³/mol. The molecule has 0 fully saturated rings. The summed E-state index contributed by atoms with van der Waals surface area (Å²) in [6, 6.07) is 0. The predicted octanol–water partition coefficient (Wildman–Crippen LogP) is -1.50. The topological polar surface area (TPSA) is 73.9 Å². The molecule has 0 aromatic heterocycles. The number of carbonyl (C=O) groups is 2. The molecule has 0 aromatic rings. The molecule has 0 bridgehead atoms. The van der Waals surface area contributed by atoms with Gasteiger partial charge in [-0.25, -0.2) is 0 Å². The normalized spacial score (nSPS) is 14.8. The van der Waals surface area contributed by atoms with Crippen molar-refractivity contribution in [3.63, 3.8) is 0 Å². The van der Waals surface area contributed by atoms with Crippen LogP contribution in [0.4, 0.5) is 0 Å². The molecule has 96 valence electrons. The summed E-state index contributed by atoms with van der Waals surface area (Å²) in [6.07, 6.45) is 1.54. The van der Waals surface area contributed by atoms with E-state index in [1.54, 1.807) is 14.1 Å². The summed E-state index contributed by atoms with van der Waals surface area (Å²) in [5.41, 5.74) is 0.807. The van der Waals surface area contributed by atoms with Gasteiger partial charge in [0.15, 0.2) is 0 Å². The summed E-state index contributed by atoms with van der Waals surface area (Å²) >= 11 is 0. The highest BCUT2D eigenvalue weighted by Crippen LogP contribution is 2.16. The first-order valence-corrected chi connectivity index (χ1v) is 5.30. The van der Waals surface area contributed by atoms with Gasteiger partial charge in [0.25, 0.3) is 0 Å². The SMILES string of the molecule is CNCOCC1=C(N(C)C=O)NCN1CC=O. The molecule has 0 spiro atoms. The van der Waals surface area contributed by atoms with Gasteiger partial charge in [-0.05, 0) is 7.05 Å². The fourth-order valence-electron chi connectivity index (χ4n) is 1.57. The lowest BCUT2D eigenvalue weighted by atomic mass is 10.4. The van der Waals surface area contributed by atoms with Crippen molar-refractivity contribution < 1.29 is 14.3 Å². The molecule has 2 N–H and O–H groups in total. The Morgan fingerprint density at radius 1 is 1.59 bits per heavy atom. The third kappa shape index (κ3) is 3.43. The number of hydrogen-bond acceptors (Lipinski definition) is 6. The van der Waals surface area contributed by atoms with Gasteiger partial charge in [0.1, 0.15) is 12.1 Å². The molecule has 0 unspecified atom stereocenters. The van der Waals surface area contributed by atoms with Gasteiger partial charge in [-0.2, -0.15) is 0 Å². The van der Waals surface area contributed by atoms with Crippen molar-refractivity contribution in [2.75, 3.05) is 40.6 Å². The second kappa shape index (κ2) is 6.87. The summed E-state index contributed by atoms with van der Waals surface area (Å²) in [7, 11) is 3.43. The van der Waals surface area contributed by atoms with Crippen LogP contribution in [0.5, 0.6) is 0 Å². The molecule has 1 aliphatic heterocycles. The number of ether oxygens (including phenoxy) is 1. The molecule has 0 aliphatic carbocycles. The third-order valence-electron chi connectivity index (χ3n) is 2.38. The van der Waals surface area contributed by atoms with Gasteiger partial charge < -0.3 is 24.6 Å². The van der Waals surface area contributed by atoms with Crippen LogP contribution < -0.4 is 10.6 Å². The van der Waals surface area contributed by atoms with Crippen molar-refractivity contribution in [3.8, 4) is 0 Å². The number of nitrogens with zero attached hydrogens (tertiary/aromatic N) is 2. The number of nitrogens with one attached hydrogen (secondary N) is 2. The third-order valence-corrected chi connectivity index (χ3v) is 2.38. The highest BCUT2D eigenvalue weighted by Gasteiger charge is 2.23. The highest BCUT2D eigenvalue weighted by molar-refractivity contribution is 5.54. The Morgan fingerprint density at radius 2 is 2.35 bits per heavy atom. The number of aldehydes is 1. The Kier molecular flexibility index (Phi) is 5.44. The largest absolute Gasteiger partial charge is 0.360 e. The second-order valence-electron chi connectivity index (χ2n) is 3.58. The van der Waals surface area contributed by atoms with Gasteiger partial charge >= 0.3 is 0 Å². The van der Waals surface area contributed by atoms with E-state index in [4.69, 9.17) is 4.74 Å². The lowest BCUT2D eigenvalue weighted by Gasteiger charge is -2.19. The van der Waals surface area contributed by atoms with Crippen LogP contribution in [0.3, 0.4) is 0 Å². The average Bonchev–Trinajstić information content (AvgIpc) is 2.73. The maximum atomic E-state index is 10.7. The van der Waals surface area contributed by atoms with Crippen molar-refractivity contribution in [2.24, 2.45) is 0 Å². The zero-order chi connectivity index (χ0) is 12.7. The zero-order valence-corrected chi connectivity index (χ0v) is 10.1. The number of carbonyl (C=O) groups excluding carboxylic acids is 2. The maximum Gasteiger partial charge on any atom is 0.215 e. The van der Waals surface area contributed by atoms with E-state index in [1.807, 2.05) is 4.90 Å². The van der Waals surface area contributed by atoms with Crippen molar-refractivity contribution in [1.29, 1.82) is 0 Å². The fourth-order valence-corrected chi connectivity index (χ4v) is 1.57. The molecule has 0 radical (unpaired) electrons. The van der Waals surface area contributed by atoms with E-state index in [1.165, 1.54) is 4.90 Å². The lowest BCUT2D eigenvalue weighted by molar-refractivity contribution is -0.115. The van der Waals surface area contributed by atoms with Crippen LogP contribution in [0.15, 0.2) is 11.5 Å². The number of hydrogen-bond donors (Lipinski definition) is 2. The van der Waals surface area contributed by atoms with Crippen LogP contribution in [0.25, 0.3) is 0 Å². The van der Waals surface area contributed by atoms with E-state index in [0.29, 0.717) is 32.2 Å². The summed E-state index contributed by atoms with van der Waals surface area (Å²) in [5, 5.41) is 5.92. The Morgan fingerprint density at radius 3 is 2.94 bits per heavy atom. The Labute approximate surface area is 100 Å². The molecule has 0 atom stereocenters. The summed E-state index contributed by atoms with van der Waals surface area (Å²) in [5.74, 6) is 0.679. The van der Waals surface area contributed by atoms with Gasteiger partial charge in [-0.3, -0.25) is 10.1 Å². The van der Waals surface area contributed by atoms with E-state index in [2.05, 4.69) is 10.6 Å². The lowest BCUT2D eigenvalue weighted by Crippen LogP contribution is -2.28. The van der Waals surface area contributed by atoms with Gasteiger partial charge in [0.2, 0.25) is 6.41 Å². The smallest absolute Gasteiger partial charge is 0.215 e. The fraction of sp³-hybridized carbons (Fsp3) is 0.600. The standard InChI is InChI=1S/C10H18N4O3/c1-11-7-17-5-9-10(13(2)8-16)12-6-14(9)3-4-15/h4,8,11-12H,3,5-7H2,1-2H3. The molecule has 1 aliphatic rings. The molecule has 0 saturated carbocycles. The van der Waals surface area contributed by atoms with E-state index >= 15 is 0 Å². The molecule has 0 aromatic carbocycles. The average molecular weight is 242 g/mol. The van der Waals surface area contributed by atoms with Crippen LogP contribution in [-0.2, 0) is 14.3 Å². The van der Waals surface area contributed by atoms with Gasteiger partial charge in [0.05, 0.1) is 32.2 Å². The molecule has 0 saturated heterocycles. The molecule has 1 rings (SSSR count). The molecule has 7 nitrogen and oxygen atoms in total. The van der Waals surface area contributed by atoms with Crippen molar-refractivity contribution >= 4 is 12.7 Å². The van der Waals surface area contributed by atoms with Crippen LogP contribution in [0.2, 0.25) is 0 Å². The van der Waals surface area contributed by atoms with Crippen molar-refractivity contribution in [2.45, 2.75) is 0 Å². The Bertz CT molecular complexity index is 306. The van der Waals surface area contributed by atoms with Crippen LogP contribution >= 0.6 is 0 Å². The molecule has 1 heterocycles. The molecule has 17 heavy (non-hydrogen) atoms. The van der Waals surface area contributed by atoms with Crippen molar-refractivity contribution in [1.82, 2.24) is 20.4 Å². The molecule has 1 amide bonds. The van der Waals surface area contributed by atoms with Crippen LogP contribution in [-0.4, -0.2) is 63.1 Å². The first-order chi connectivity index (χ1) is 8.24. The Hall–Kier alpha value is -1.60. The van der Waals surface area contributed by atoms with Gasteiger partial charge in [-0.15, -0.1) is 0 Å². The van der Waals surface area contributed by atoms with E-state index in [0.717, 1.165) is 12.0 Å². The van der Waals surface area contributed by atoms with E-state index in [9.17, 15) is 9.59 Å². The Balaban J connectivity index is 2.74. The number of rotatable bonds is 8. The first-order valence-electron chi connectivity index (χ1n) is 5.30. The van der Waals surface area contributed by atoms with Gasteiger partial charge in [-0.1, -0.05) is 0 Å². The number of amides is 1. The van der Waals surface area contributed by atoms with Crippen LogP contribution in [0, 0.1) is 0 Å². The maximum absolute atomic E-state index is 10.7. The zero-order valence-electron chi connectivity index (χ0n) is 10.1. The summed E-state index contributed by atoms with van der Waals surface area (Å²) in [6.45, 7) is 1.54. The van der Waals surface area contributed by atoms with Crippen molar-refractivity contribution in [3.05, 3.63) is 11.5 Å². The molecule has 7 heteroatoms. The minimum Gasteiger partial charge on any atom is -0.360 e. The van der Waals surface area contributed by atoms with E-state index in [-0.39, 0.29) is 6.54 Å². The minimum atomic E-state index is 0.279. The quantitative estimate of drug-likeness (QED) is 0.306. The summed E-state index contributed by atoms with van der Waals surface area (Å²) in [4.78, 5) is 24.6. The summed E-state index contributed by atoms with van der Waals surface area (Å²) < 4.78 is 5.36. The first kappa shape index (κ1) is 13.5. The minimum absolute atomic E-state index is 0.279. The second-order valence-corrected chi connectivity index (χ2v) is 3.58. The molecular weight excluding hydrogens is 224 g/mol. The highest BCUT2D eigenvalue weighted by atomic mass is 16.5. The van der Waals surface area contributed by atoms with E-state index < -0.39 is 0 Å². The van der Waals surface area contributed by atoms with Crippen LogP contribution in [0.1, 0.15) is 0 Å².